The van der Waals surface area contributed by atoms with E-state index in [0.717, 1.165) is 6.42 Å². The van der Waals surface area contributed by atoms with Gasteiger partial charge in [0, 0.05) is 13.0 Å². The van der Waals surface area contributed by atoms with Gasteiger partial charge in [0.05, 0.1) is 0 Å². The molecule has 2 N–H and O–H groups in total. The molecule has 82 valence electrons. The van der Waals surface area contributed by atoms with E-state index >= 15 is 0 Å². The van der Waals surface area contributed by atoms with E-state index in [2.05, 4.69) is 0 Å². The van der Waals surface area contributed by atoms with Gasteiger partial charge in [0.2, 0.25) is 5.91 Å². The molecular weight excluding hydrogens is 190 g/mol. The number of hydrogen-bond donors (Lipinski definition) is 1. The van der Waals surface area contributed by atoms with Crippen molar-refractivity contribution < 1.29 is 4.79 Å². The molecular formula is C11H17N3O. The Bertz CT molecular complexity index is 318. The molecule has 15 heavy (non-hydrogen) atoms. The van der Waals surface area contributed by atoms with E-state index in [1.165, 1.54) is 4.90 Å². The first kappa shape index (κ1) is 11.7. The van der Waals surface area contributed by atoms with Crippen molar-refractivity contribution in [2.75, 3.05) is 6.54 Å². The Kier molecular flexibility index (Phi) is 3.48. The van der Waals surface area contributed by atoms with Gasteiger partial charge < -0.3 is 4.90 Å². The summed E-state index contributed by atoms with van der Waals surface area (Å²) in [5.41, 5.74) is 4.55. The quantitative estimate of drug-likeness (QED) is 0.702. The first-order valence-electron chi connectivity index (χ1n) is 5.21. The number of nitrogens with zero attached hydrogens (tertiary/aromatic N) is 2. The summed E-state index contributed by atoms with van der Waals surface area (Å²) in [6.45, 7) is 4.51. The number of rotatable bonds is 3. The van der Waals surface area contributed by atoms with Crippen LogP contribution in [0.15, 0.2) is 12.2 Å². The van der Waals surface area contributed by atoms with E-state index < -0.39 is 5.66 Å². The van der Waals surface area contributed by atoms with E-state index in [4.69, 9.17) is 11.0 Å². The fourth-order valence-corrected chi connectivity index (χ4v) is 1.54. The highest BCUT2D eigenvalue weighted by molar-refractivity contribution is 5.79. The van der Waals surface area contributed by atoms with Crippen LogP contribution in [-0.2, 0) is 4.79 Å². The van der Waals surface area contributed by atoms with Gasteiger partial charge in [-0.25, -0.2) is 0 Å². The maximum Gasteiger partial charge on any atom is 0.225 e. The number of hydrogen-bond acceptors (Lipinski definition) is 3. The summed E-state index contributed by atoms with van der Waals surface area (Å²) in [7, 11) is 0. The molecule has 4 heteroatoms. The van der Waals surface area contributed by atoms with Crippen LogP contribution in [0.2, 0.25) is 0 Å². The molecule has 0 saturated heterocycles. The smallest absolute Gasteiger partial charge is 0.225 e. The predicted molar refractivity (Wildman–Crippen MR) is 57.5 cm³/mol. The fourth-order valence-electron chi connectivity index (χ4n) is 1.54. The zero-order chi connectivity index (χ0) is 11.5. The van der Waals surface area contributed by atoms with Crippen molar-refractivity contribution in [2.45, 2.75) is 32.4 Å². The van der Waals surface area contributed by atoms with Crippen LogP contribution in [0.3, 0.4) is 0 Å². The van der Waals surface area contributed by atoms with Gasteiger partial charge in [-0.3, -0.25) is 10.5 Å². The Morgan fingerprint density at radius 3 is 3.00 bits per heavy atom. The lowest BCUT2D eigenvalue weighted by molar-refractivity contribution is -0.133. The Hall–Kier alpha value is -1.34. The lowest BCUT2D eigenvalue weighted by Gasteiger charge is -2.29. The topological polar surface area (TPSA) is 70.1 Å². The SMILES string of the molecule is CC[C@@H](C)CC(=O)N1CC=CC1(N)C#N. The third-order valence-corrected chi connectivity index (χ3v) is 2.81. The van der Waals surface area contributed by atoms with Gasteiger partial charge in [-0.05, 0) is 12.0 Å². The minimum Gasteiger partial charge on any atom is -0.305 e. The van der Waals surface area contributed by atoms with Gasteiger partial charge in [-0.15, -0.1) is 0 Å². The summed E-state index contributed by atoms with van der Waals surface area (Å²) in [5.74, 6) is 0.291. The van der Waals surface area contributed by atoms with Crippen LogP contribution >= 0.6 is 0 Å². The molecule has 1 heterocycles. The second-order valence-corrected chi connectivity index (χ2v) is 4.06. The molecule has 0 aromatic carbocycles. The molecule has 1 rings (SSSR count). The Morgan fingerprint density at radius 1 is 1.80 bits per heavy atom. The second-order valence-electron chi connectivity index (χ2n) is 4.06. The molecule has 0 aromatic rings. The average molecular weight is 207 g/mol. The predicted octanol–water partition coefficient (Wildman–Crippen LogP) is 1.000. The third-order valence-electron chi connectivity index (χ3n) is 2.81. The third kappa shape index (κ3) is 2.37. The number of amides is 1. The van der Waals surface area contributed by atoms with Gasteiger partial charge in [-0.1, -0.05) is 26.3 Å². The standard InChI is InChI=1S/C11H17N3O/c1-3-9(2)7-10(15)14-6-4-5-11(14,13)8-12/h4-5,9H,3,6-7,13H2,1-2H3/t9-,11?/m1/s1. The Labute approximate surface area is 90.3 Å². The summed E-state index contributed by atoms with van der Waals surface area (Å²) in [6.07, 6.45) is 4.76. The fraction of sp³-hybridized carbons (Fsp3) is 0.636. The molecule has 0 aliphatic carbocycles. The largest absolute Gasteiger partial charge is 0.305 e. The Balaban J connectivity index is 2.66. The average Bonchev–Trinajstić information content (AvgIpc) is 2.61. The van der Waals surface area contributed by atoms with Crippen molar-refractivity contribution in [3.63, 3.8) is 0 Å². The molecule has 0 aromatic heterocycles. The van der Waals surface area contributed by atoms with Crippen LogP contribution < -0.4 is 5.73 Å². The van der Waals surface area contributed by atoms with Crippen molar-refractivity contribution >= 4 is 5.91 Å². The van der Waals surface area contributed by atoms with E-state index in [1.54, 1.807) is 12.2 Å². The van der Waals surface area contributed by atoms with Gasteiger partial charge >= 0.3 is 0 Å². The summed E-state index contributed by atoms with van der Waals surface area (Å²) < 4.78 is 0. The van der Waals surface area contributed by atoms with E-state index in [9.17, 15) is 4.79 Å². The van der Waals surface area contributed by atoms with E-state index in [-0.39, 0.29) is 5.91 Å². The van der Waals surface area contributed by atoms with Crippen molar-refractivity contribution in [3.8, 4) is 6.07 Å². The molecule has 0 radical (unpaired) electrons. The van der Waals surface area contributed by atoms with Crippen LogP contribution in [0, 0.1) is 17.2 Å². The van der Waals surface area contributed by atoms with Crippen LogP contribution in [-0.4, -0.2) is 23.0 Å². The molecule has 1 aliphatic rings. The van der Waals surface area contributed by atoms with Crippen LogP contribution in [0.25, 0.3) is 0 Å². The van der Waals surface area contributed by atoms with E-state index in [0.29, 0.717) is 18.9 Å². The van der Waals surface area contributed by atoms with Crippen LogP contribution in [0.4, 0.5) is 0 Å². The molecule has 1 amide bonds. The minimum atomic E-state index is -1.23. The molecule has 1 unspecified atom stereocenters. The van der Waals surface area contributed by atoms with Crippen LogP contribution in [0.1, 0.15) is 26.7 Å². The van der Waals surface area contributed by atoms with Gasteiger partial charge in [0.1, 0.15) is 6.07 Å². The Morgan fingerprint density at radius 2 is 2.47 bits per heavy atom. The van der Waals surface area contributed by atoms with Crippen LogP contribution in [0.5, 0.6) is 0 Å². The molecule has 0 bridgehead atoms. The summed E-state index contributed by atoms with van der Waals surface area (Å²) in [6, 6.07) is 1.96. The first-order valence-corrected chi connectivity index (χ1v) is 5.21. The maximum atomic E-state index is 11.8. The molecule has 0 saturated carbocycles. The maximum absolute atomic E-state index is 11.8. The van der Waals surface area contributed by atoms with Crippen molar-refractivity contribution in [1.29, 1.82) is 5.26 Å². The number of carbonyl (C=O) groups excluding carboxylic acids is 1. The number of nitriles is 1. The normalized spacial score (nSPS) is 26.4. The molecule has 0 spiro atoms. The lowest BCUT2D eigenvalue weighted by atomic mass is 10.0. The highest BCUT2D eigenvalue weighted by Crippen LogP contribution is 2.20. The highest BCUT2D eigenvalue weighted by atomic mass is 16.2. The number of carbonyl (C=O) groups is 1. The van der Waals surface area contributed by atoms with Gasteiger partial charge in [-0.2, -0.15) is 5.26 Å². The second kappa shape index (κ2) is 4.45. The first-order chi connectivity index (χ1) is 7.03. The zero-order valence-electron chi connectivity index (χ0n) is 9.23. The minimum absolute atomic E-state index is 0.0431. The molecule has 2 atom stereocenters. The monoisotopic (exact) mass is 207 g/mol. The van der Waals surface area contributed by atoms with Crippen molar-refractivity contribution in [3.05, 3.63) is 12.2 Å². The van der Waals surface area contributed by atoms with Gasteiger partial charge in [0.15, 0.2) is 5.66 Å². The lowest BCUT2D eigenvalue weighted by Crippen LogP contribution is -2.53. The number of nitrogens with two attached hydrogens (primary N) is 1. The highest BCUT2D eigenvalue weighted by Gasteiger charge is 2.36. The summed E-state index contributed by atoms with van der Waals surface area (Å²) in [4.78, 5) is 13.3. The molecule has 0 fully saturated rings. The molecule has 1 aliphatic heterocycles. The summed E-state index contributed by atoms with van der Waals surface area (Å²) in [5, 5.41) is 8.92. The van der Waals surface area contributed by atoms with Crippen molar-refractivity contribution in [2.24, 2.45) is 11.7 Å². The van der Waals surface area contributed by atoms with Crippen molar-refractivity contribution in [1.82, 2.24) is 4.90 Å². The van der Waals surface area contributed by atoms with E-state index in [1.807, 2.05) is 19.9 Å². The summed E-state index contributed by atoms with van der Waals surface area (Å²) >= 11 is 0. The zero-order valence-corrected chi connectivity index (χ0v) is 9.23. The van der Waals surface area contributed by atoms with Gasteiger partial charge in [0.25, 0.3) is 0 Å². The molecule has 4 nitrogen and oxygen atoms in total.